The number of ether oxygens (including phenoxy) is 4. The van der Waals surface area contributed by atoms with Gasteiger partial charge in [0.25, 0.3) is 0 Å². The van der Waals surface area contributed by atoms with Gasteiger partial charge in [-0.25, -0.2) is 0 Å². The summed E-state index contributed by atoms with van der Waals surface area (Å²) in [5, 5.41) is -0.0794. The van der Waals surface area contributed by atoms with E-state index in [1.807, 2.05) is 38.1 Å². The fraction of sp³-hybridized carbons (Fsp3) is 0.757. The first-order chi connectivity index (χ1) is 22.0. The summed E-state index contributed by atoms with van der Waals surface area (Å²) in [6.07, 6.45) is -0.508. The number of methoxy groups -OCH3 is 2. The predicted molar refractivity (Wildman–Crippen MR) is 194 cm³/mol. The van der Waals surface area contributed by atoms with Crippen LogP contribution in [-0.4, -0.2) is 79.4 Å². The Bertz CT molecular complexity index is 1190. The van der Waals surface area contributed by atoms with Crippen LogP contribution in [0, 0.1) is 11.8 Å². The number of rotatable bonds is 17. The molecule has 0 saturated carbocycles. The lowest BCUT2D eigenvalue weighted by atomic mass is 9.86. The maximum absolute atomic E-state index is 13.5. The van der Waals surface area contributed by atoms with Crippen molar-refractivity contribution in [2.75, 3.05) is 14.2 Å². The highest BCUT2D eigenvalue weighted by atomic mass is 28.4. The zero-order valence-electron chi connectivity index (χ0n) is 32.1. The van der Waals surface area contributed by atoms with Crippen molar-refractivity contribution in [3.8, 4) is 5.75 Å². The normalized spacial score (nSPS) is 22.8. The third-order valence-electron chi connectivity index (χ3n) is 10.6. The number of esters is 1. The molecule has 0 amide bonds. The van der Waals surface area contributed by atoms with E-state index < -0.39 is 34.9 Å². The summed E-state index contributed by atoms with van der Waals surface area (Å²) in [6, 6.07) is 7.46. The van der Waals surface area contributed by atoms with E-state index in [-0.39, 0.29) is 71.7 Å². The van der Waals surface area contributed by atoms with Crippen LogP contribution in [0.3, 0.4) is 0 Å². The monoisotopic (exact) mass is 708 g/mol. The van der Waals surface area contributed by atoms with E-state index in [4.69, 9.17) is 27.8 Å². The van der Waals surface area contributed by atoms with Crippen LogP contribution in [0.15, 0.2) is 24.3 Å². The molecule has 1 unspecified atom stereocenters. The molecule has 1 aliphatic heterocycles. The van der Waals surface area contributed by atoms with Gasteiger partial charge in [-0.15, -0.1) is 0 Å². The van der Waals surface area contributed by atoms with Crippen LogP contribution in [0.4, 0.5) is 0 Å². The summed E-state index contributed by atoms with van der Waals surface area (Å²) in [5.74, 6) is -0.107. The van der Waals surface area contributed by atoms with Gasteiger partial charge in [0, 0.05) is 19.3 Å². The van der Waals surface area contributed by atoms with E-state index in [1.54, 1.807) is 7.11 Å². The SMILES string of the molecule is COC(=O)C[C@H]1O[C@@H]([C@@H](C)CC(=O)C[C@H](C)C(C=O)OCc2ccc(OC)cc2)[C@@H](O[Si](C)(C)C(C)(C)C)C[C@H]1O[Si](C)(C)C(C)(C)C. The standard InChI is InChI=1S/C37H64O9Si2/c1-25(33(23-38)43-24-27-15-17-29(41-9)18-16-27)19-28(39)20-26(2)35-32(46-48(13,14)37(6,7)8)21-31(30(44-35)22-34(40)42-10)45-47(11,12)36(3,4)5/h15-18,23,25-26,30-33,35H,19-22,24H2,1-14H3/t25-,26-,30+,31+,32-,33?,35-/m0/s1. The fourth-order valence-corrected chi connectivity index (χ4v) is 8.15. The molecule has 1 aromatic rings. The minimum absolute atomic E-state index is 0.0220. The van der Waals surface area contributed by atoms with Crippen molar-refractivity contribution in [1.29, 1.82) is 0 Å². The van der Waals surface area contributed by atoms with E-state index in [9.17, 15) is 14.4 Å². The van der Waals surface area contributed by atoms with Crippen molar-refractivity contribution < 1.29 is 42.2 Å². The maximum Gasteiger partial charge on any atom is 0.308 e. The average Bonchev–Trinajstić information content (AvgIpc) is 2.97. The number of benzene rings is 1. The molecular weight excluding hydrogens is 645 g/mol. The molecule has 274 valence electrons. The molecule has 0 aromatic heterocycles. The number of Topliss-reactive ketones (excluding diaryl/α,β-unsaturated/α-hetero) is 1. The summed E-state index contributed by atoms with van der Waals surface area (Å²) < 4.78 is 36.9. The average molecular weight is 709 g/mol. The lowest BCUT2D eigenvalue weighted by Crippen LogP contribution is -2.59. The molecule has 0 bridgehead atoms. The minimum atomic E-state index is -2.26. The number of ketones is 1. The molecule has 0 spiro atoms. The van der Waals surface area contributed by atoms with Gasteiger partial charge in [0.2, 0.25) is 0 Å². The molecule has 0 aliphatic carbocycles. The first kappa shape index (κ1) is 42.3. The molecule has 9 nitrogen and oxygen atoms in total. The molecule has 2 rings (SSSR count). The summed E-state index contributed by atoms with van der Waals surface area (Å²) in [6.45, 7) is 26.2. The second-order valence-corrected chi connectivity index (χ2v) is 26.2. The zero-order chi connectivity index (χ0) is 36.7. The van der Waals surface area contributed by atoms with Crippen LogP contribution < -0.4 is 4.74 Å². The van der Waals surface area contributed by atoms with Gasteiger partial charge in [-0.05, 0) is 65.8 Å². The van der Waals surface area contributed by atoms with Crippen LogP contribution in [0.1, 0.15) is 86.6 Å². The molecule has 1 heterocycles. The van der Waals surface area contributed by atoms with Crippen molar-refractivity contribution in [3.05, 3.63) is 29.8 Å². The highest BCUT2D eigenvalue weighted by molar-refractivity contribution is 6.74. The Morgan fingerprint density at radius 2 is 1.44 bits per heavy atom. The lowest BCUT2D eigenvalue weighted by Gasteiger charge is -2.50. The summed E-state index contributed by atoms with van der Waals surface area (Å²) >= 11 is 0. The second-order valence-electron chi connectivity index (χ2n) is 16.6. The highest BCUT2D eigenvalue weighted by Gasteiger charge is 2.50. The van der Waals surface area contributed by atoms with E-state index in [1.165, 1.54) is 7.11 Å². The number of carbonyl (C=O) groups is 3. The van der Waals surface area contributed by atoms with Gasteiger partial charge in [0.15, 0.2) is 16.6 Å². The molecule has 7 atom stereocenters. The van der Waals surface area contributed by atoms with E-state index in [2.05, 4.69) is 67.7 Å². The van der Waals surface area contributed by atoms with Gasteiger partial charge >= 0.3 is 5.97 Å². The van der Waals surface area contributed by atoms with Crippen LogP contribution in [0.5, 0.6) is 5.75 Å². The number of hydrogen-bond donors (Lipinski definition) is 0. The van der Waals surface area contributed by atoms with Crippen LogP contribution in [0.25, 0.3) is 0 Å². The molecule has 1 aliphatic rings. The van der Waals surface area contributed by atoms with E-state index in [0.29, 0.717) is 6.42 Å². The summed E-state index contributed by atoms with van der Waals surface area (Å²) in [5.41, 5.74) is 0.911. The summed E-state index contributed by atoms with van der Waals surface area (Å²) in [4.78, 5) is 38.1. The predicted octanol–water partition coefficient (Wildman–Crippen LogP) is 7.90. The van der Waals surface area contributed by atoms with Gasteiger partial charge in [-0.2, -0.15) is 0 Å². The Morgan fingerprint density at radius 3 is 1.92 bits per heavy atom. The van der Waals surface area contributed by atoms with Gasteiger partial charge < -0.3 is 32.6 Å². The largest absolute Gasteiger partial charge is 0.497 e. The van der Waals surface area contributed by atoms with Crippen molar-refractivity contribution in [2.45, 2.75) is 154 Å². The highest BCUT2D eigenvalue weighted by Crippen LogP contribution is 2.44. The van der Waals surface area contributed by atoms with Gasteiger partial charge in [0.1, 0.15) is 23.9 Å². The second kappa shape index (κ2) is 17.4. The van der Waals surface area contributed by atoms with Crippen molar-refractivity contribution in [1.82, 2.24) is 0 Å². The Hall–Kier alpha value is -1.90. The third-order valence-corrected chi connectivity index (χ3v) is 19.6. The van der Waals surface area contributed by atoms with Gasteiger partial charge in [-0.1, -0.05) is 67.5 Å². The smallest absolute Gasteiger partial charge is 0.308 e. The molecular formula is C37H64O9Si2. The van der Waals surface area contributed by atoms with Crippen LogP contribution in [-0.2, 0) is 44.1 Å². The Kier molecular flexibility index (Phi) is 15.3. The first-order valence-electron chi connectivity index (χ1n) is 17.3. The number of carbonyl (C=O) groups excluding carboxylic acids is 3. The molecule has 0 radical (unpaired) electrons. The summed E-state index contributed by atoms with van der Waals surface area (Å²) in [7, 11) is -1.51. The maximum atomic E-state index is 13.5. The molecule has 48 heavy (non-hydrogen) atoms. The lowest BCUT2D eigenvalue weighted by molar-refractivity contribution is -0.186. The van der Waals surface area contributed by atoms with Crippen molar-refractivity contribution >= 4 is 34.7 Å². The fourth-order valence-electron chi connectivity index (χ4n) is 5.46. The first-order valence-corrected chi connectivity index (χ1v) is 23.2. The number of aldehydes is 1. The third kappa shape index (κ3) is 11.9. The molecule has 11 heteroatoms. The number of hydrogen-bond acceptors (Lipinski definition) is 9. The Labute approximate surface area is 292 Å². The molecule has 1 fully saturated rings. The van der Waals surface area contributed by atoms with E-state index in [0.717, 1.165) is 17.6 Å². The molecule has 1 aromatic carbocycles. The van der Waals surface area contributed by atoms with Crippen molar-refractivity contribution in [3.63, 3.8) is 0 Å². The Morgan fingerprint density at radius 1 is 0.896 bits per heavy atom. The topological polar surface area (TPSA) is 107 Å². The van der Waals surface area contributed by atoms with Crippen molar-refractivity contribution in [2.24, 2.45) is 11.8 Å². The quantitative estimate of drug-likeness (QED) is 0.0907. The Balaban J connectivity index is 2.26. The van der Waals surface area contributed by atoms with E-state index >= 15 is 0 Å². The van der Waals surface area contributed by atoms with Gasteiger partial charge in [0.05, 0.1) is 51.7 Å². The van der Waals surface area contributed by atoms with Crippen LogP contribution in [0.2, 0.25) is 36.3 Å². The molecule has 1 saturated heterocycles. The van der Waals surface area contributed by atoms with Crippen LogP contribution >= 0.6 is 0 Å². The van der Waals surface area contributed by atoms with Gasteiger partial charge in [-0.3, -0.25) is 9.59 Å². The minimum Gasteiger partial charge on any atom is -0.497 e. The molecule has 0 N–H and O–H groups in total. The zero-order valence-corrected chi connectivity index (χ0v) is 34.1.